The highest BCUT2D eigenvalue weighted by Gasteiger charge is 2.34. The molecule has 0 amide bonds. The maximum atomic E-state index is 13.6. The standard InChI is InChI=1S/C33H46N2O3.BrH/c1-10-11-23-19-35(31(34)26(23)16-22-12-14-25(15-13-22)38-21(2)3)20-29(36)24-17-27(32(4,5)6)30(37)28(18-24)33(7,8)9;/h12-18,21,23,34,37H,10-11,19-20H2,1-9H3;1H. The van der Waals surface area contributed by atoms with Crippen LogP contribution in [0.15, 0.2) is 42.0 Å². The van der Waals surface area contributed by atoms with Gasteiger partial charge in [-0.05, 0) is 72.6 Å². The van der Waals surface area contributed by atoms with Gasteiger partial charge >= 0.3 is 0 Å². The van der Waals surface area contributed by atoms with Gasteiger partial charge in [-0.1, -0.05) is 67.0 Å². The van der Waals surface area contributed by atoms with Gasteiger partial charge in [-0.25, -0.2) is 0 Å². The number of ketones is 1. The predicted octanol–water partition coefficient (Wildman–Crippen LogP) is 8.33. The predicted molar refractivity (Wildman–Crippen MR) is 168 cm³/mol. The van der Waals surface area contributed by atoms with Gasteiger partial charge in [0.25, 0.3) is 0 Å². The smallest absolute Gasteiger partial charge is 0.182 e. The van der Waals surface area contributed by atoms with Crippen LogP contribution in [-0.4, -0.2) is 40.8 Å². The minimum Gasteiger partial charge on any atom is -0.507 e. The number of carbonyl (C=O) groups is 1. The van der Waals surface area contributed by atoms with Gasteiger partial charge in [-0.2, -0.15) is 0 Å². The number of rotatable bonds is 8. The molecule has 2 aromatic rings. The molecule has 1 fully saturated rings. The van der Waals surface area contributed by atoms with Crippen molar-refractivity contribution in [3.63, 3.8) is 0 Å². The Morgan fingerprint density at radius 2 is 1.62 bits per heavy atom. The third-order valence-corrected chi connectivity index (χ3v) is 7.06. The van der Waals surface area contributed by atoms with Crippen molar-refractivity contribution in [2.45, 2.75) is 92.1 Å². The SMILES string of the molecule is Br.CCCC1CN(CC(=O)c2cc(C(C)(C)C)c(O)c(C(C)(C)C)c2)C(=N)C1=Cc1ccc(OC(C)C)cc1. The number of nitrogens with one attached hydrogen (secondary N) is 1. The number of amidine groups is 1. The van der Waals surface area contributed by atoms with Crippen molar-refractivity contribution in [3.05, 3.63) is 64.2 Å². The number of benzene rings is 2. The molecule has 6 heteroatoms. The number of aromatic hydroxyl groups is 1. The van der Waals surface area contributed by atoms with Crippen LogP contribution in [0, 0.1) is 11.3 Å². The molecule has 39 heavy (non-hydrogen) atoms. The number of likely N-dealkylation sites (tertiary alicyclic amines) is 1. The molecule has 1 aliphatic heterocycles. The molecule has 3 rings (SSSR count). The fourth-order valence-corrected chi connectivity index (χ4v) is 5.05. The Morgan fingerprint density at radius 1 is 1.08 bits per heavy atom. The van der Waals surface area contributed by atoms with E-state index in [1.807, 2.05) is 96.7 Å². The minimum atomic E-state index is -0.307. The van der Waals surface area contributed by atoms with Gasteiger partial charge in [-0.15, -0.1) is 17.0 Å². The van der Waals surface area contributed by atoms with E-state index in [0.717, 1.165) is 40.9 Å². The Bertz CT molecular complexity index is 1170. The normalized spacial score (nSPS) is 17.1. The summed E-state index contributed by atoms with van der Waals surface area (Å²) < 4.78 is 5.76. The van der Waals surface area contributed by atoms with E-state index in [1.165, 1.54) is 0 Å². The minimum absolute atomic E-state index is 0. The van der Waals surface area contributed by atoms with Gasteiger partial charge in [0.15, 0.2) is 5.78 Å². The first-order valence-corrected chi connectivity index (χ1v) is 13.8. The molecule has 2 N–H and O–H groups in total. The van der Waals surface area contributed by atoms with Crippen molar-refractivity contribution in [1.82, 2.24) is 4.90 Å². The van der Waals surface area contributed by atoms with Gasteiger partial charge in [-0.3, -0.25) is 10.2 Å². The van der Waals surface area contributed by atoms with Crippen LogP contribution in [0.25, 0.3) is 6.08 Å². The maximum Gasteiger partial charge on any atom is 0.182 e. The molecule has 0 bridgehead atoms. The first-order chi connectivity index (χ1) is 17.6. The Labute approximate surface area is 245 Å². The summed E-state index contributed by atoms with van der Waals surface area (Å²) in [5.74, 6) is 1.71. The molecule has 1 aliphatic rings. The van der Waals surface area contributed by atoms with Crippen molar-refractivity contribution in [2.75, 3.05) is 13.1 Å². The van der Waals surface area contributed by atoms with Crippen LogP contribution in [0.2, 0.25) is 0 Å². The third-order valence-electron chi connectivity index (χ3n) is 7.06. The average Bonchev–Trinajstić information content (AvgIpc) is 3.07. The molecule has 0 aromatic heterocycles. The molecule has 1 unspecified atom stereocenters. The summed E-state index contributed by atoms with van der Waals surface area (Å²) in [5.41, 5.74) is 3.54. The number of carbonyl (C=O) groups excluding carboxylic acids is 1. The zero-order chi connectivity index (χ0) is 28.4. The molecular formula is C33H47BrN2O3. The lowest BCUT2D eigenvalue weighted by atomic mass is 9.78. The maximum absolute atomic E-state index is 13.6. The van der Waals surface area contributed by atoms with Gasteiger partial charge < -0.3 is 14.7 Å². The van der Waals surface area contributed by atoms with E-state index in [2.05, 4.69) is 13.0 Å². The number of hydrogen-bond acceptors (Lipinski definition) is 4. The lowest BCUT2D eigenvalue weighted by Gasteiger charge is -2.28. The summed E-state index contributed by atoms with van der Waals surface area (Å²) in [6, 6.07) is 11.7. The number of phenols is 1. The van der Waals surface area contributed by atoms with Crippen molar-refractivity contribution in [3.8, 4) is 11.5 Å². The quantitative estimate of drug-likeness (QED) is 0.299. The van der Waals surface area contributed by atoms with Crippen LogP contribution in [0.1, 0.15) is 102 Å². The summed E-state index contributed by atoms with van der Waals surface area (Å²) in [6.45, 7) is 19.3. The monoisotopic (exact) mass is 598 g/mol. The Kier molecular flexibility index (Phi) is 10.6. The topological polar surface area (TPSA) is 73.6 Å². The van der Waals surface area contributed by atoms with Crippen molar-refractivity contribution >= 4 is 34.7 Å². The molecule has 1 atom stereocenters. The Balaban J connectivity index is 0.00000533. The second-order valence-corrected chi connectivity index (χ2v) is 12.9. The van der Waals surface area contributed by atoms with E-state index in [4.69, 9.17) is 10.1 Å². The van der Waals surface area contributed by atoms with Gasteiger partial charge in [0, 0.05) is 29.2 Å². The highest BCUT2D eigenvalue weighted by molar-refractivity contribution is 8.93. The van der Waals surface area contributed by atoms with Crippen molar-refractivity contribution < 1.29 is 14.6 Å². The molecule has 1 heterocycles. The number of nitrogens with zero attached hydrogens (tertiary/aromatic N) is 1. The molecule has 0 saturated carbocycles. The van der Waals surface area contributed by atoms with Crippen LogP contribution >= 0.6 is 17.0 Å². The van der Waals surface area contributed by atoms with E-state index in [1.54, 1.807) is 0 Å². The van der Waals surface area contributed by atoms with Gasteiger partial charge in [0.1, 0.15) is 17.3 Å². The third kappa shape index (κ3) is 7.97. The lowest BCUT2D eigenvalue weighted by Crippen LogP contribution is -2.31. The largest absolute Gasteiger partial charge is 0.507 e. The van der Waals surface area contributed by atoms with E-state index in [9.17, 15) is 9.90 Å². The molecule has 0 spiro atoms. The zero-order valence-electron chi connectivity index (χ0n) is 25.1. The molecule has 1 saturated heterocycles. The van der Waals surface area contributed by atoms with Gasteiger partial charge in [0.05, 0.1) is 12.6 Å². The number of halogens is 1. The molecular weight excluding hydrogens is 552 g/mol. The summed E-state index contributed by atoms with van der Waals surface area (Å²) in [6.07, 6.45) is 4.19. The summed E-state index contributed by atoms with van der Waals surface area (Å²) in [7, 11) is 0. The molecule has 0 radical (unpaired) electrons. The second kappa shape index (κ2) is 12.7. The van der Waals surface area contributed by atoms with E-state index >= 15 is 0 Å². The number of ether oxygens (including phenoxy) is 1. The van der Waals surface area contributed by atoms with E-state index in [-0.39, 0.29) is 57.9 Å². The molecule has 2 aromatic carbocycles. The van der Waals surface area contributed by atoms with Crippen LogP contribution < -0.4 is 4.74 Å². The number of hydrogen-bond donors (Lipinski definition) is 2. The first-order valence-electron chi connectivity index (χ1n) is 13.8. The van der Waals surface area contributed by atoms with Crippen molar-refractivity contribution in [1.29, 1.82) is 5.41 Å². The summed E-state index contributed by atoms with van der Waals surface area (Å²) in [5, 5.41) is 20.0. The average molecular weight is 600 g/mol. The lowest BCUT2D eigenvalue weighted by molar-refractivity contribution is 0.0963. The molecule has 5 nitrogen and oxygen atoms in total. The Hall–Kier alpha value is -2.60. The molecule has 0 aliphatic carbocycles. The summed E-state index contributed by atoms with van der Waals surface area (Å²) >= 11 is 0. The van der Waals surface area contributed by atoms with Gasteiger partial charge in [0.2, 0.25) is 0 Å². The zero-order valence-corrected chi connectivity index (χ0v) is 26.9. The Morgan fingerprint density at radius 3 is 2.08 bits per heavy atom. The van der Waals surface area contributed by atoms with Crippen molar-refractivity contribution in [2.24, 2.45) is 5.92 Å². The van der Waals surface area contributed by atoms with Crippen LogP contribution in [0.3, 0.4) is 0 Å². The van der Waals surface area contributed by atoms with E-state index < -0.39 is 0 Å². The number of Topliss-reactive ketones (excluding diaryl/α,β-unsaturated/α-hetero) is 1. The highest BCUT2D eigenvalue weighted by Crippen LogP contribution is 2.40. The van der Waals surface area contributed by atoms with Crippen LogP contribution in [0.4, 0.5) is 0 Å². The highest BCUT2D eigenvalue weighted by atomic mass is 79.9. The fraction of sp³-hybridized carbons (Fsp3) is 0.515. The van der Waals surface area contributed by atoms with E-state index in [0.29, 0.717) is 17.9 Å². The van der Waals surface area contributed by atoms with Crippen LogP contribution in [-0.2, 0) is 10.8 Å². The molecule has 214 valence electrons. The summed E-state index contributed by atoms with van der Waals surface area (Å²) in [4.78, 5) is 15.5. The van der Waals surface area contributed by atoms with Crippen LogP contribution in [0.5, 0.6) is 11.5 Å². The second-order valence-electron chi connectivity index (χ2n) is 12.9. The fourth-order valence-electron chi connectivity index (χ4n) is 5.05. The number of phenolic OH excluding ortho intramolecular Hbond substituents is 1. The first kappa shape index (κ1) is 32.6.